The molecule has 0 radical (unpaired) electrons. The summed E-state index contributed by atoms with van der Waals surface area (Å²) in [5.74, 6) is -1.30. The van der Waals surface area contributed by atoms with Crippen molar-refractivity contribution in [1.82, 2.24) is 14.4 Å². The van der Waals surface area contributed by atoms with Crippen molar-refractivity contribution in [2.24, 2.45) is 0 Å². The Labute approximate surface area is 206 Å². The summed E-state index contributed by atoms with van der Waals surface area (Å²) in [5.41, 5.74) is -3.52. The molecule has 0 saturated carbocycles. The van der Waals surface area contributed by atoms with Crippen molar-refractivity contribution in [2.45, 2.75) is 95.7 Å². The maximum Gasteiger partial charge on any atom is 0.359 e. The van der Waals surface area contributed by atoms with E-state index < -0.39 is 60.0 Å². The lowest BCUT2D eigenvalue weighted by Crippen LogP contribution is -2.40. The highest BCUT2D eigenvalue weighted by atomic mass is 31.2. The fourth-order valence-corrected chi connectivity index (χ4v) is 6.02. The number of rotatable bonds is 9. The molecule has 6 atom stereocenters. The van der Waals surface area contributed by atoms with Gasteiger partial charge in [-0.3, -0.25) is 23.5 Å². The molecule has 0 aromatic carbocycles. The SMILES string of the molecule is CCC(C)(CC1OC(c2cn3c(F)c(C)c(=O)[nH]c3nc2=O)C(O)C1O)OP(=O)(O)C(O)(CC)CC. The van der Waals surface area contributed by atoms with Crippen LogP contribution in [-0.2, 0) is 13.8 Å². The van der Waals surface area contributed by atoms with Crippen molar-refractivity contribution >= 4 is 13.4 Å². The number of ether oxygens (including phenoxy) is 1. The summed E-state index contributed by atoms with van der Waals surface area (Å²) < 4.78 is 39.8. The number of nitrogens with zero attached hydrogens (tertiary/aromatic N) is 2. The summed E-state index contributed by atoms with van der Waals surface area (Å²) in [6, 6.07) is 0. The van der Waals surface area contributed by atoms with Gasteiger partial charge in [0.2, 0.25) is 11.7 Å². The van der Waals surface area contributed by atoms with Gasteiger partial charge < -0.3 is 29.5 Å². The molecule has 14 heteroatoms. The molecule has 6 unspecified atom stereocenters. The zero-order chi connectivity index (χ0) is 27.2. The van der Waals surface area contributed by atoms with Crippen LogP contribution < -0.4 is 11.1 Å². The lowest BCUT2D eigenvalue weighted by atomic mass is 9.92. The number of aliphatic hydroxyl groups excluding tert-OH is 2. The predicted molar refractivity (Wildman–Crippen MR) is 126 cm³/mol. The molecule has 1 saturated heterocycles. The van der Waals surface area contributed by atoms with Gasteiger partial charge in [0, 0.05) is 12.6 Å². The van der Waals surface area contributed by atoms with E-state index in [0.29, 0.717) is 0 Å². The van der Waals surface area contributed by atoms with Crippen LogP contribution >= 0.6 is 7.60 Å². The van der Waals surface area contributed by atoms with Crippen molar-refractivity contribution in [3.8, 4) is 0 Å². The second-order valence-electron chi connectivity index (χ2n) is 9.45. The second kappa shape index (κ2) is 10.1. The normalized spacial score (nSPS) is 26.2. The van der Waals surface area contributed by atoms with Gasteiger partial charge in [-0.25, -0.2) is 0 Å². The molecule has 202 valence electrons. The zero-order valence-corrected chi connectivity index (χ0v) is 21.7. The van der Waals surface area contributed by atoms with Gasteiger partial charge in [0.25, 0.3) is 11.1 Å². The van der Waals surface area contributed by atoms with E-state index in [1.807, 2.05) is 0 Å². The van der Waals surface area contributed by atoms with E-state index in [1.54, 1.807) is 20.8 Å². The average Bonchev–Trinajstić information content (AvgIpc) is 3.09. The Balaban J connectivity index is 1.92. The largest absolute Gasteiger partial charge is 0.388 e. The van der Waals surface area contributed by atoms with Crippen LogP contribution in [0.25, 0.3) is 5.78 Å². The maximum absolute atomic E-state index is 14.6. The summed E-state index contributed by atoms with van der Waals surface area (Å²) in [5, 5.41) is 30.0. The first kappa shape index (κ1) is 28.6. The molecular formula is C22H33FN3O9P. The van der Waals surface area contributed by atoms with Gasteiger partial charge >= 0.3 is 7.60 Å². The number of fused-ring (bicyclic) bond motifs is 1. The molecule has 0 aliphatic carbocycles. The van der Waals surface area contributed by atoms with E-state index in [1.165, 1.54) is 13.8 Å². The molecule has 36 heavy (non-hydrogen) atoms. The highest BCUT2D eigenvalue weighted by Gasteiger charge is 2.52. The van der Waals surface area contributed by atoms with Gasteiger partial charge in [-0.1, -0.05) is 20.8 Å². The highest BCUT2D eigenvalue weighted by Crippen LogP contribution is 2.60. The van der Waals surface area contributed by atoms with Crippen LogP contribution in [-0.4, -0.2) is 63.8 Å². The van der Waals surface area contributed by atoms with Crippen LogP contribution in [0.5, 0.6) is 0 Å². The van der Waals surface area contributed by atoms with E-state index in [9.17, 15) is 38.8 Å². The van der Waals surface area contributed by atoms with Gasteiger partial charge in [0.15, 0.2) is 5.34 Å². The molecular weight excluding hydrogens is 500 g/mol. The Hall–Kier alpha value is -1.99. The van der Waals surface area contributed by atoms with Gasteiger partial charge in [-0.05, 0) is 33.1 Å². The second-order valence-corrected chi connectivity index (χ2v) is 11.5. The number of aromatic nitrogens is 3. The van der Waals surface area contributed by atoms with Crippen LogP contribution in [0.2, 0.25) is 0 Å². The summed E-state index contributed by atoms with van der Waals surface area (Å²) in [6.45, 7) is 7.55. The minimum atomic E-state index is -4.55. The Morgan fingerprint density at radius 3 is 2.39 bits per heavy atom. The van der Waals surface area contributed by atoms with Gasteiger partial charge in [-0.2, -0.15) is 9.37 Å². The topological polar surface area (TPSA) is 184 Å². The Morgan fingerprint density at radius 2 is 1.83 bits per heavy atom. The van der Waals surface area contributed by atoms with Crippen molar-refractivity contribution in [3.63, 3.8) is 0 Å². The van der Waals surface area contributed by atoms with E-state index in [2.05, 4.69) is 9.97 Å². The lowest BCUT2D eigenvalue weighted by molar-refractivity contribution is -0.0545. The molecule has 1 fully saturated rings. The summed E-state index contributed by atoms with van der Waals surface area (Å²) in [7, 11) is -4.55. The standard InChI is InChI=1S/C22H33FN3O9P/c1-6-21(5,35-36(32,33)22(31,7-2)8-3)9-13-14(27)15(28)16(34-13)12-10-26-17(23)11(4)18(29)24-20(26)25-19(12)30/h10,13-16,27-28,31H,6-9H2,1-5H3,(H,32,33)(H,24,25,29,30). The van der Waals surface area contributed by atoms with Crippen molar-refractivity contribution < 1.29 is 38.4 Å². The quantitative estimate of drug-likeness (QED) is 0.232. The Morgan fingerprint density at radius 1 is 1.22 bits per heavy atom. The first-order valence-corrected chi connectivity index (χ1v) is 13.3. The molecule has 1 aliphatic heterocycles. The summed E-state index contributed by atoms with van der Waals surface area (Å²) in [6.07, 6.45) is -4.69. The number of hydrogen-bond acceptors (Lipinski definition) is 9. The van der Waals surface area contributed by atoms with E-state index >= 15 is 0 Å². The molecule has 0 spiro atoms. The third kappa shape index (κ3) is 4.93. The third-order valence-corrected chi connectivity index (χ3v) is 9.46. The smallest absolute Gasteiger partial charge is 0.359 e. The van der Waals surface area contributed by atoms with Gasteiger partial charge in [0.1, 0.15) is 18.3 Å². The number of aromatic amines is 1. The predicted octanol–water partition coefficient (Wildman–Crippen LogP) is 1.26. The lowest BCUT2D eigenvalue weighted by Gasteiger charge is -2.38. The van der Waals surface area contributed by atoms with Crippen LogP contribution in [0.1, 0.15) is 70.6 Å². The molecule has 3 rings (SSSR count). The molecule has 2 aromatic rings. The van der Waals surface area contributed by atoms with Crippen LogP contribution in [0.3, 0.4) is 0 Å². The Kier molecular flexibility index (Phi) is 7.98. The molecule has 0 bridgehead atoms. The van der Waals surface area contributed by atoms with E-state index in [0.717, 1.165) is 10.6 Å². The van der Waals surface area contributed by atoms with Gasteiger partial charge in [-0.15, -0.1) is 0 Å². The van der Waals surface area contributed by atoms with E-state index in [-0.39, 0.29) is 42.6 Å². The minimum Gasteiger partial charge on any atom is -0.388 e. The number of halogens is 1. The highest BCUT2D eigenvalue weighted by molar-refractivity contribution is 7.54. The van der Waals surface area contributed by atoms with Crippen molar-refractivity contribution in [1.29, 1.82) is 0 Å². The monoisotopic (exact) mass is 533 g/mol. The molecule has 5 N–H and O–H groups in total. The fourth-order valence-electron chi connectivity index (χ4n) is 4.25. The average molecular weight is 533 g/mol. The number of nitrogens with one attached hydrogen (secondary N) is 1. The summed E-state index contributed by atoms with van der Waals surface area (Å²) in [4.78, 5) is 40.9. The Bertz CT molecular complexity index is 1290. The van der Waals surface area contributed by atoms with Crippen LogP contribution in [0.4, 0.5) is 4.39 Å². The third-order valence-electron chi connectivity index (χ3n) is 7.09. The number of hydrogen-bond donors (Lipinski definition) is 5. The number of aliphatic hydroxyl groups is 3. The first-order chi connectivity index (χ1) is 16.6. The summed E-state index contributed by atoms with van der Waals surface area (Å²) >= 11 is 0. The van der Waals surface area contributed by atoms with Gasteiger partial charge in [0.05, 0.1) is 22.8 Å². The minimum absolute atomic E-state index is 0.0272. The van der Waals surface area contributed by atoms with E-state index in [4.69, 9.17) is 9.26 Å². The zero-order valence-electron chi connectivity index (χ0n) is 20.8. The van der Waals surface area contributed by atoms with Crippen LogP contribution in [0.15, 0.2) is 15.8 Å². The maximum atomic E-state index is 14.6. The fraction of sp³-hybridized carbons (Fsp3) is 0.682. The van der Waals surface area contributed by atoms with Crippen molar-refractivity contribution in [3.05, 3.63) is 44.0 Å². The first-order valence-electron chi connectivity index (χ1n) is 11.7. The molecule has 12 nitrogen and oxygen atoms in total. The molecule has 1 aliphatic rings. The molecule has 3 heterocycles. The molecule has 0 amide bonds. The van der Waals surface area contributed by atoms with Crippen LogP contribution in [0, 0.1) is 12.9 Å². The number of H-pyrrole nitrogens is 1. The van der Waals surface area contributed by atoms with Crippen molar-refractivity contribution in [2.75, 3.05) is 0 Å². The molecule has 2 aromatic heterocycles.